The van der Waals surface area contributed by atoms with Crippen LogP contribution in [0.1, 0.15) is 5.76 Å². The second-order valence-electron chi connectivity index (χ2n) is 4.54. The van der Waals surface area contributed by atoms with Crippen molar-refractivity contribution < 1.29 is 14.2 Å². The van der Waals surface area contributed by atoms with Crippen molar-refractivity contribution in [2.45, 2.75) is 6.54 Å². The van der Waals surface area contributed by atoms with Crippen LogP contribution in [0.15, 0.2) is 47.4 Å². The Labute approximate surface area is 125 Å². The Hall–Kier alpha value is -3.16. The highest BCUT2D eigenvalue weighted by molar-refractivity contribution is 5.66. The van der Waals surface area contributed by atoms with Crippen LogP contribution < -0.4 is 4.74 Å². The van der Waals surface area contributed by atoms with Gasteiger partial charge in [-0.25, -0.2) is 0 Å². The Morgan fingerprint density at radius 1 is 1.41 bits per heavy atom. The smallest absolute Gasteiger partial charge is 0.381 e. The van der Waals surface area contributed by atoms with Crippen LogP contribution in [-0.2, 0) is 6.54 Å². The number of ether oxygens (including phenoxy) is 1. The lowest BCUT2D eigenvalue weighted by Crippen LogP contribution is -1.94. The first-order valence-electron chi connectivity index (χ1n) is 6.42. The van der Waals surface area contributed by atoms with E-state index in [-0.39, 0.29) is 5.82 Å². The van der Waals surface area contributed by atoms with E-state index in [2.05, 4.69) is 10.1 Å². The van der Waals surface area contributed by atoms with Crippen molar-refractivity contribution in [3.05, 3.63) is 58.7 Å². The van der Waals surface area contributed by atoms with Gasteiger partial charge in [0.15, 0.2) is 5.76 Å². The first kappa shape index (κ1) is 13.8. The SMILES string of the molecule is COc1ccccc1-c1cc(Cn2cnc([N+](=O)[O-])c2)on1. The fourth-order valence-corrected chi connectivity index (χ4v) is 2.08. The number of hydrogen-bond donors (Lipinski definition) is 0. The molecule has 22 heavy (non-hydrogen) atoms. The Kier molecular flexibility index (Phi) is 3.57. The molecule has 112 valence electrons. The number of hydrogen-bond acceptors (Lipinski definition) is 6. The molecule has 0 saturated carbocycles. The van der Waals surface area contributed by atoms with Gasteiger partial charge in [-0.15, -0.1) is 0 Å². The van der Waals surface area contributed by atoms with Crippen LogP contribution >= 0.6 is 0 Å². The van der Waals surface area contributed by atoms with Gasteiger partial charge in [-0.1, -0.05) is 17.3 Å². The molecular weight excluding hydrogens is 288 g/mol. The van der Waals surface area contributed by atoms with Crippen molar-refractivity contribution in [2.75, 3.05) is 7.11 Å². The summed E-state index contributed by atoms with van der Waals surface area (Å²) < 4.78 is 12.1. The summed E-state index contributed by atoms with van der Waals surface area (Å²) in [6.45, 7) is 0.309. The molecule has 0 aliphatic rings. The van der Waals surface area contributed by atoms with Gasteiger partial charge in [0, 0.05) is 11.6 Å². The van der Waals surface area contributed by atoms with Crippen LogP contribution in [0.3, 0.4) is 0 Å². The molecule has 0 unspecified atom stereocenters. The topological polar surface area (TPSA) is 96.2 Å². The third-order valence-electron chi connectivity index (χ3n) is 3.09. The highest BCUT2D eigenvalue weighted by Gasteiger charge is 2.14. The maximum Gasteiger partial charge on any atom is 0.381 e. The van der Waals surface area contributed by atoms with Gasteiger partial charge < -0.3 is 23.9 Å². The number of nitrogens with zero attached hydrogens (tertiary/aromatic N) is 4. The van der Waals surface area contributed by atoms with Crippen LogP contribution in [0, 0.1) is 10.1 Å². The van der Waals surface area contributed by atoms with E-state index < -0.39 is 4.92 Å². The Morgan fingerprint density at radius 3 is 2.95 bits per heavy atom. The molecule has 1 aromatic carbocycles. The van der Waals surface area contributed by atoms with Gasteiger partial charge in [-0.05, 0) is 22.0 Å². The van der Waals surface area contributed by atoms with Crippen molar-refractivity contribution in [1.29, 1.82) is 0 Å². The largest absolute Gasteiger partial charge is 0.496 e. The summed E-state index contributed by atoms with van der Waals surface area (Å²) in [7, 11) is 1.59. The van der Waals surface area contributed by atoms with Gasteiger partial charge in [-0.3, -0.25) is 0 Å². The van der Waals surface area contributed by atoms with Crippen molar-refractivity contribution >= 4 is 5.82 Å². The van der Waals surface area contributed by atoms with Crippen LogP contribution in [0.5, 0.6) is 5.75 Å². The summed E-state index contributed by atoms with van der Waals surface area (Å²) in [5.74, 6) is 1.05. The molecule has 2 heterocycles. The van der Waals surface area contributed by atoms with Crippen LogP contribution in [0.2, 0.25) is 0 Å². The number of imidazole rings is 1. The third kappa shape index (κ3) is 2.66. The standard InChI is InChI=1S/C14H12N4O4/c1-21-13-5-3-2-4-11(13)12-6-10(22-16-12)7-17-8-14(15-9-17)18(19)20/h2-6,8-9H,7H2,1H3. The number of rotatable bonds is 5. The number of para-hydroxylation sites is 1. The highest BCUT2D eigenvalue weighted by atomic mass is 16.6. The molecule has 0 saturated heterocycles. The molecule has 0 aliphatic carbocycles. The maximum atomic E-state index is 10.6. The lowest BCUT2D eigenvalue weighted by atomic mass is 10.1. The fraction of sp³-hybridized carbons (Fsp3) is 0.143. The molecule has 0 radical (unpaired) electrons. The van der Waals surface area contributed by atoms with E-state index in [1.165, 1.54) is 12.5 Å². The first-order valence-corrected chi connectivity index (χ1v) is 6.42. The molecule has 3 aromatic rings. The van der Waals surface area contributed by atoms with Gasteiger partial charge in [-0.2, -0.15) is 0 Å². The highest BCUT2D eigenvalue weighted by Crippen LogP contribution is 2.29. The zero-order chi connectivity index (χ0) is 15.5. The third-order valence-corrected chi connectivity index (χ3v) is 3.09. The summed E-state index contributed by atoms with van der Waals surface area (Å²) in [5, 5.41) is 14.6. The average molecular weight is 300 g/mol. The number of aromatic nitrogens is 3. The summed E-state index contributed by atoms with van der Waals surface area (Å²) in [6, 6.07) is 9.23. The quantitative estimate of drug-likeness (QED) is 0.530. The summed E-state index contributed by atoms with van der Waals surface area (Å²) in [4.78, 5) is 13.7. The molecule has 0 amide bonds. The van der Waals surface area contributed by atoms with Crippen molar-refractivity contribution in [3.8, 4) is 17.0 Å². The lowest BCUT2D eigenvalue weighted by Gasteiger charge is -2.03. The summed E-state index contributed by atoms with van der Waals surface area (Å²) in [5.41, 5.74) is 1.46. The van der Waals surface area contributed by atoms with Gasteiger partial charge >= 0.3 is 5.82 Å². The molecule has 0 spiro atoms. The van der Waals surface area contributed by atoms with Crippen molar-refractivity contribution in [2.24, 2.45) is 0 Å². The maximum absolute atomic E-state index is 10.6. The lowest BCUT2D eigenvalue weighted by molar-refractivity contribution is -0.389. The van der Waals surface area contributed by atoms with E-state index in [1.54, 1.807) is 17.7 Å². The van der Waals surface area contributed by atoms with Gasteiger partial charge in [0.05, 0.1) is 13.7 Å². The van der Waals surface area contributed by atoms with E-state index in [4.69, 9.17) is 9.26 Å². The Bertz CT molecular complexity index is 809. The minimum absolute atomic E-state index is 0.204. The predicted molar refractivity (Wildman–Crippen MR) is 76.5 cm³/mol. The zero-order valence-corrected chi connectivity index (χ0v) is 11.7. The number of methoxy groups -OCH3 is 1. The van der Waals surface area contributed by atoms with E-state index in [0.29, 0.717) is 23.7 Å². The van der Waals surface area contributed by atoms with Crippen LogP contribution in [0.25, 0.3) is 11.3 Å². The monoisotopic (exact) mass is 300 g/mol. The van der Waals surface area contributed by atoms with Crippen LogP contribution in [0.4, 0.5) is 5.82 Å². The molecular formula is C14H12N4O4. The molecule has 0 N–H and O–H groups in total. The normalized spacial score (nSPS) is 10.6. The van der Waals surface area contributed by atoms with E-state index in [9.17, 15) is 10.1 Å². The first-order chi connectivity index (χ1) is 10.7. The van der Waals surface area contributed by atoms with Crippen molar-refractivity contribution in [3.63, 3.8) is 0 Å². The van der Waals surface area contributed by atoms with Gasteiger partial charge in [0.2, 0.25) is 6.33 Å². The number of nitro groups is 1. The van der Waals surface area contributed by atoms with Gasteiger partial charge in [0.25, 0.3) is 0 Å². The number of benzene rings is 1. The van der Waals surface area contributed by atoms with E-state index in [0.717, 1.165) is 5.56 Å². The molecule has 0 fully saturated rings. The Balaban J connectivity index is 1.82. The minimum atomic E-state index is -0.544. The molecule has 0 aliphatic heterocycles. The molecule has 0 bridgehead atoms. The Morgan fingerprint density at radius 2 is 2.23 bits per heavy atom. The molecule has 0 atom stereocenters. The van der Waals surface area contributed by atoms with E-state index in [1.807, 2.05) is 24.3 Å². The van der Waals surface area contributed by atoms with Crippen molar-refractivity contribution in [1.82, 2.24) is 14.7 Å². The average Bonchev–Trinajstić information content (AvgIpc) is 3.17. The summed E-state index contributed by atoms with van der Waals surface area (Å²) >= 11 is 0. The minimum Gasteiger partial charge on any atom is -0.496 e. The summed E-state index contributed by atoms with van der Waals surface area (Å²) in [6.07, 6.45) is 2.72. The zero-order valence-electron chi connectivity index (χ0n) is 11.7. The predicted octanol–water partition coefficient (Wildman–Crippen LogP) is 2.50. The fourth-order valence-electron chi connectivity index (χ4n) is 2.08. The van der Waals surface area contributed by atoms with Gasteiger partial charge in [0.1, 0.15) is 17.6 Å². The second-order valence-corrected chi connectivity index (χ2v) is 4.54. The molecule has 8 heteroatoms. The second kappa shape index (κ2) is 5.68. The van der Waals surface area contributed by atoms with Crippen LogP contribution in [-0.4, -0.2) is 26.7 Å². The molecule has 8 nitrogen and oxygen atoms in total. The molecule has 2 aromatic heterocycles. The molecule has 3 rings (SSSR count). The van der Waals surface area contributed by atoms with E-state index >= 15 is 0 Å².